The first kappa shape index (κ1) is 37.3. The van der Waals surface area contributed by atoms with Crippen LogP contribution >= 0.6 is 0 Å². The number of fused-ring (bicyclic) bond motifs is 5. The Balaban J connectivity index is 1.03. The number of benzene rings is 11. The second-order valence-corrected chi connectivity index (χ2v) is 16.5. The summed E-state index contributed by atoms with van der Waals surface area (Å²) in [5.74, 6) is 0. The fraction of sp³-hybridized carbons (Fsp3) is 0. The Hall–Kier alpha value is -8.46. The van der Waals surface area contributed by atoms with E-state index in [1.165, 1.54) is 76.7 Å². The van der Waals surface area contributed by atoms with Crippen LogP contribution in [0.3, 0.4) is 0 Å². The molecule has 0 atom stereocenters. The molecule has 12 aromatic rings. The smallest absolute Gasteiger partial charge is 0.0541 e. The van der Waals surface area contributed by atoms with Gasteiger partial charge in [-0.15, -0.1) is 0 Å². The molecule has 0 saturated carbocycles. The second kappa shape index (κ2) is 15.8. The number of anilines is 3. The van der Waals surface area contributed by atoms with Gasteiger partial charge in [-0.1, -0.05) is 200 Å². The Morgan fingerprint density at radius 3 is 1.52 bits per heavy atom. The largest absolute Gasteiger partial charge is 0.310 e. The number of hydrogen-bond acceptors (Lipinski definition) is 1. The van der Waals surface area contributed by atoms with Crippen molar-refractivity contribution in [3.05, 3.63) is 255 Å². The molecule has 0 spiro atoms. The molecule has 300 valence electrons. The first-order valence-corrected chi connectivity index (χ1v) is 22.0. The summed E-state index contributed by atoms with van der Waals surface area (Å²) < 4.78 is 2.43. The molecule has 0 aliphatic carbocycles. The molecule has 12 rings (SSSR count). The quantitative estimate of drug-likeness (QED) is 0.148. The van der Waals surface area contributed by atoms with Crippen LogP contribution < -0.4 is 4.90 Å². The predicted molar refractivity (Wildman–Crippen MR) is 272 cm³/mol. The van der Waals surface area contributed by atoms with Crippen molar-refractivity contribution >= 4 is 60.4 Å². The van der Waals surface area contributed by atoms with E-state index < -0.39 is 0 Å². The summed E-state index contributed by atoms with van der Waals surface area (Å²) in [4.78, 5) is 2.40. The van der Waals surface area contributed by atoms with Gasteiger partial charge in [-0.3, -0.25) is 0 Å². The molecule has 0 amide bonds. The average Bonchev–Trinajstić information content (AvgIpc) is 3.71. The number of nitrogens with zero attached hydrogens (tertiary/aromatic N) is 2. The predicted octanol–water partition coefficient (Wildman–Crippen LogP) is 17.2. The number of aromatic nitrogens is 1. The normalized spacial score (nSPS) is 11.4. The molecule has 1 aromatic heterocycles. The van der Waals surface area contributed by atoms with Gasteiger partial charge in [-0.05, 0) is 115 Å². The van der Waals surface area contributed by atoms with Gasteiger partial charge in [0.25, 0.3) is 0 Å². The van der Waals surface area contributed by atoms with Gasteiger partial charge in [0.1, 0.15) is 0 Å². The summed E-state index contributed by atoms with van der Waals surface area (Å²) in [6, 6.07) is 92.8. The summed E-state index contributed by atoms with van der Waals surface area (Å²) >= 11 is 0. The average molecular weight is 815 g/mol. The van der Waals surface area contributed by atoms with Gasteiger partial charge in [-0.25, -0.2) is 0 Å². The summed E-state index contributed by atoms with van der Waals surface area (Å²) in [5, 5.41) is 7.42. The lowest BCUT2D eigenvalue weighted by molar-refractivity contribution is 1.18. The van der Waals surface area contributed by atoms with Crippen molar-refractivity contribution in [2.75, 3.05) is 4.90 Å². The van der Waals surface area contributed by atoms with Crippen molar-refractivity contribution in [1.82, 2.24) is 4.57 Å². The molecule has 2 heteroatoms. The lowest BCUT2D eigenvalue weighted by atomic mass is 9.91. The van der Waals surface area contributed by atoms with E-state index in [4.69, 9.17) is 0 Å². The van der Waals surface area contributed by atoms with Gasteiger partial charge >= 0.3 is 0 Å². The molecule has 11 aromatic carbocycles. The molecule has 0 radical (unpaired) electrons. The molecule has 0 aliphatic heterocycles. The molecule has 64 heavy (non-hydrogen) atoms. The molecule has 0 N–H and O–H groups in total. The maximum Gasteiger partial charge on any atom is 0.0541 e. The highest BCUT2D eigenvalue weighted by Gasteiger charge is 2.21. The van der Waals surface area contributed by atoms with Gasteiger partial charge in [-0.2, -0.15) is 0 Å². The third-order valence-electron chi connectivity index (χ3n) is 12.8. The Morgan fingerprint density at radius 2 is 0.750 bits per heavy atom. The Bertz CT molecular complexity index is 3610. The molecule has 2 nitrogen and oxygen atoms in total. The Morgan fingerprint density at radius 1 is 0.250 bits per heavy atom. The SMILES string of the molecule is c1ccc(-c2cc(N(c3ccc(-c4ccccc4-c4cccc5ccccc45)cc3)c3ccc4ccccc4c3)ccc2-c2ccccc2-n2c3ccccc3c3ccccc32)cc1. The van der Waals surface area contributed by atoms with Crippen molar-refractivity contribution in [2.45, 2.75) is 0 Å². The van der Waals surface area contributed by atoms with E-state index in [-0.39, 0.29) is 0 Å². The van der Waals surface area contributed by atoms with E-state index in [9.17, 15) is 0 Å². The maximum atomic E-state index is 2.43. The van der Waals surface area contributed by atoms with Gasteiger partial charge < -0.3 is 9.47 Å². The topological polar surface area (TPSA) is 8.17 Å². The summed E-state index contributed by atoms with van der Waals surface area (Å²) in [5.41, 5.74) is 16.3. The zero-order valence-corrected chi connectivity index (χ0v) is 35.1. The van der Waals surface area contributed by atoms with Crippen molar-refractivity contribution in [2.24, 2.45) is 0 Å². The van der Waals surface area contributed by atoms with E-state index in [0.717, 1.165) is 33.9 Å². The number of rotatable bonds is 8. The highest BCUT2D eigenvalue weighted by atomic mass is 15.1. The van der Waals surface area contributed by atoms with Crippen LogP contribution in [0.2, 0.25) is 0 Å². The van der Waals surface area contributed by atoms with E-state index in [1.54, 1.807) is 0 Å². The lowest BCUT2D eigenvalue weighted by Gasteiger charge is -2.28. The van der Waals surface area contributed by atoms with Crippen molar-refractivity contribution in [3.8, 4) is 50.2 Å². The van der Waals surface area contributed by atoms with Gasteiger partial charge in [0.05, 0.1) is 16.7 Å². The van der Waals surface area contributed by atoms with Crippen LogP contribution in [0.1, 0.15) is 0 Å². The first-order valence-electron chi connectivity index (χ1n) is 22.0. The van der Waals surface area contributed by atoms with Crippen molar-refractivity contribution in [1.29, 1.82) is 0 Å². The zero-order valence-electron chi connectivity index (χ0n) is 35.1. The highest BCUT2D eigenvalue weighted by Crippen LogP contribution is 2.45. The van der Waals surface area contributed by atoms with Gasteiger partial charge in [0, 0.05) is 33.4 Å². The van der Waals surface area contributed by atoms with Gasteiger partial charge in [0.2, 0.25) is 0 Å². The summed E-state index contributed by atoms with van der Waals surface area (Å²) in [7, 11) is 0. The van der Waals surface area contributed by atoms with Crippen molar-refractivity contribution < 1.29 is 0 Å². The monoisotopic (exact) mass is 814 g/mol. The van der Waals surface area contributed by atoms with Crippen LogP contribution in [0, 0.1) is 0 Å². The van der Waals surface area contributed by atoms with Crippen LogP contribution in [-0.4, -0.2) is 4.57 Å². The molecule has 0 aliphatic rings. The number of para-hydroxylation sites is 3. The molecule has 0 bridgehead atoms. The van der Waals surface area contributed by atoms with Crippen molar-refractivity contribution in [3.63, 3.8) is 0 Å². The maximum absolute atomic E-state index is 2.43. The molecule has 0 saturated heterocycles. The van der Waals surface area contributed by atoms with Gasteiger partial charge in [0.15, 0.2) is 0 Å². The minimum absolute atomic E-state index is 1.08. The molecular formula is C62H42N2. The molecule has 0 fully saturated rings. The van der Waals surface area contributed by atoms with Crippen LogP contribution in [0.5, 0.6) is 0 Å². The second-order valence-electron chi connectivity index (χ2n) is 16.5. The molecule has 1 heterocycles. The minimum atomic E-state index is 1.08. The molecular weight excluding hydrogens is 773 g/mol. The molecule has 0 unspecified atom stereocenters. The van der Waals surface area contributed by atoms with Crippen LogP contribution in [0.4, 0.5) is 17.1 Å². The summed E-state index contributed by atoms with van der Waals surface area (Å²) in [6.07, 6.45) is 0. The lowest BCUT2D eigenvalue weighted by Crippen LogP contribution is -2.10. The van der Waals surface area contributed by atoms with E-state index >= 15 is 0 Å². The number of hydrogen-bond donors (Lipinski definition) is 0. The fourth-order valence-electron chi connectivity index (χ4n) is 9.82. The van der Waals surface area contributed by atoms with Crippen LogP contribution in [0.15, 0.2) is 255 Å². The highest BCUT2D eigenvalue weighted by molar-refractivity contribution is 6.10. The first-order chi connectivity index (χ1) is 31.8. The third kappa shape index (κ3) is 6.44. The van der Waals surface area contributed by atoms with Crippen LogP contribution in [-0.2, 0) is 0 Å². The minimum Gasteiger partial charge on any atom is -0.310 e. The van der Waals surface area contributed by atoms with E-state index in [1.807, 2.05) is 0 Å². The van der Waals surface area contributed by atoms with E-state index in [0.29, 0.717) is 0 Å². The van der Waals surface area contributed by atoms with Crippen LogP contribution in [0.25, 0.3) is 93.5 Å². The zero-order chi connectivity index (χ0) is 42.4. The third-order valence-corrected chi connectivity index (χ3v) is 12.8. The van der Waals surface area contributed by atoms with E-state index in [2.05, 4.69) is 264 Å². The fourth-order valence-corrected chi connectivity index (χ4v) is 9.82. The summed E-state index contributed by atoms with van der Waals surface area (Å²) in [6.45, 7) is 0. The standard InChI is InChI=1S/C62H42N2/c1-2-18-45(19-3-1)59-42-50(39-40-55(59)56-26-10-13-30-60(56)64-61-31-14-11-27-57(61)58-28-12-15-32-62(58)64)63(49-38-33-43-17-4-5-21-47(43)41-49)48-36-34-46(35-37-48)52-24-8-9-25-53(52)54-29-16-22-44-20-6-7-23-51(44)54/h1-42H. The Kier molecular flexibility index (Phi) is 9.20. The Labute approximate surface area is 373 Å².